The number of halogens is 2. The molecular weight excluding hydrogens is 248 g/mol. The number of benzene rings is 2. The number of nitrogens with two attached hydrogens (primary N) is 1. The van der Waals surface area contributed by atoms with Crippen LogP contribution < -0.4 is 10.5 Å². The fourth-order valence-electron chi connectivity index (χ4n) is 1.83. The Balaban J connectivity index is 2.43. The molecule has 2 aromatic rings. The zero-order chi connectivity index (χ0) is 14.0. The fourth-order valence-corrected chi connectivity index (χ4v) is 1.83. The number of para-hydroxylation sites is 1. The Morgan fingerprint density at radius 3 is 2.53 bits per heavy atom. The summed E-state index contributed by atoms with van der Waals surface area (Å²) in [6.07, 6.45) is 0. The van der Waals surface area contributed by atoms with E-state index in [-0.39, 0.29) is 17.6 Å². The van der Waals surface area contributed by atoms with E-state index in [9.17, 15) is 8.78 Å². The second kappa shape index (κ2) is 5.36. The zero-order valence-corrected chi connectivity index (χ0v) is 10.8. The van der Waals surface area contributed by atoms with Gasteiger partial charge in [0.25, 0.3) is 0 Å². The molecule has 0 aromatic heterocycles. The lowest BCUT2D eigenvalue weighted by atomic mass is 10.1. The normalized spacial score (nSPS) is 12.3. The summed E-state index contributed by atoms with van der Waals surface area (Å²) in [5, 5.41) is 0. The van der Waals surface area contributed by atoms with Gasteiger partial charge >= 0.3 is 0 Å². The summed E-state index contributed by atoms with van der Waals surface area (Å²) in [6.45, 7) is 3.45. The van der Waals surface area contributed by atoms with E-state index in [1.54, 1.807) is 26.0 Å². The molecule has 100 valence electrons. The maximum absolute atomic E-state index is 13.9. The lowest BCUT2D eigenvalue weighted by Crippen LogP contribution is -2.08. The molecule has 0 amide bonds. The van der Waals surface area contributed by atoms with Crippen molar-refractivity contribution >= 4 is 0 Å². The Morgan fingerprint density at radius 2 is 1.89 bits per heavy atom. The van der Waals surface area contributed by atoms with E-state index >= 15 is 0 Å². The smallest absolute Gasteiger partial charge is 0.167 e. The molecule has 0 aliphatic rings. The molecule has 0 fully saturated rings. The van der Waals surface area contributed by atoms with Gasteiger partial charge < -0.3 is 10.5 Å². The van der Waals surface area contributed by atoms with Crippen LogP contribution in [0.4, 0.5) is 8.78 Å². The van der Waals surface area contributed by atoms with Crippen molar-refractivity contribution < 1.29 is 13.5 Å². The number of aryl methyl sites for hydroxylation is 1. The molecule has 0 radical (unpaired) electrons. The first-order valence-corrected chi connectivity index (χ1v) is 5.97. The molecular formula is C15H15F2NO. The molecule has 0 aliphatic heterocycles. The minimum atomic E-state index is -0.487. The van der Waals surface area contributed by atoms with Crippen LogP contribution >= 0.6 is 0 Å². The van der Waals surface area contributed by atoms with Gasteiger partial charge in [-0.2, -0.15) is 0 Å². The lowest BCUT2D eigenvalue weighted by molar-refractivity contribution is 0.429. The molecule has 19 heavy (non-hydrogen) atoms. The van der Waals surface area contributed by atoms with Crippen molar-refractivity contribution in [3.63, 3.8) is 0 Å². The van der Waals surface area contributed by atoms with Crippen LogP contribution in [0.5, 0.6) is 11.5 Å². The fraction of sp³-hybridized carbons (Fsp3) is 0.200. The molecule has 0 bridgehead atoms. The first-order valence-electron chi connectivity index (χ1n) is 5.97. The van der Waals surface area contributed by atoms with Crippen molar-refractivity contribution in [2.75, 3.05) is 0 Å². The van der Waals surface area contributed by atoms with E-state index in [4.69, 9.17) is 10.5 Å². The van der Waals surface area contributed by atoms with E-state index in [0.29, 0.717) is 16.9 Å². The average Bonchev–Trinajstić information content (AvgIpc) is 2.34. The van der Waals surface area contributed by atoms with Gasteiger partial charge in [0.2, 0.25) is 0 Å². The monoisotopic (exact) mass is 263 g/mol. The Hall–Kier alpha value is -1.94. The maximum atomic E-state index is 13.9. The SMILES string of the molecule is Cc1cc(F)ccc1Oc1c(F)cccc1C(C)N. The second-order valence-electron chi connectivity index (χ2n) is 4.46. The molecule has 0 saturated heterocycles. The van der Waals surface area contributed by atoms with Gasteiger partial charge in [0, 0.05) is 11.6 Å². The van der Waals surface area contributed by atoms with Gasteiger partial charge in [0.05, 0.1) is 0 Å². The van der Waals surface area contributed by atoms with E-state index in [1.807, 2.05) is 0 Å². The molecule has 1 unspecified atom stereocenters. The van der Waals surface area contributed by atoms with Crippen LogP contribution in [0.15, 0.2) is 36.4 Å². The van der Waals surface area contributed by atoms with Gasteiger partial charge in [-0.05, 0) is 43.7 Å². The van der Waals surface area contributed by atoms with Crippen LogP contribution in [0.1, 0.15) is 24.1 Å². The van der Waals surface area contributed by atoms with Crippen LogP contribution in [0.25, 0.3) is 0 Å². The molecule has 1 atom stereocenters. The summed E-state index contributed by atoms with van der Waals surface area (Å²) in [7, 11) is 0. The molecule has 2 N–H and O–H groups in total. The van der Waals surface area contributed by atoms with Crippen molar-refractivity contribution in [3.8, 4) is 11.5 Å². The molecule has 2 aromatic carbocycles. The van der Waals surface area contributed by atoms with Crippen molar-refractivity contribution in [1.29, 1.82) is 0 Å². The first-order chi connectivity index (χ1) is 8.99. The molecule has 0 aliphatic carbocycles. The summed E-state index contributed by atoms with van der Waals surface area (Å²) in [5.74, 6) is -0.343. The van der Waals surface area contributed by atoms with Gasteiger partial charge in [-0.1, -0.05) is 12.1 Å². The standard InChI is InChI=1S/C15H15F2NO/c1-9-8-11(16)6-7-14(9)19-15-12(10(2)18)4-3-5-13(15)17/h3-8,10H,18H2,1-2H3. The minimum absolute atomic E-state index is 0.0900. The minimum Gasteiger partial charge on any atom is -0.454 e. The quantitative estimate of drug-likeness (QED) is 0.905. The van der Waals surface area contributed by atoms with Crippen molar-refractivity contribution in [1.82, 2.24) is 0 Å². The maximum Gasteiger partial charge on any atom is 0.167 e. The molecule has 2 rings (SSSR count). The third-order valence-corrected chi connectivity index (χ3v) is 2.84. The van der Waals surface area contributed by atoms with Gasteiger partial charge in [0.1, 0.15) is 11.6 Å². The molecule has 0 spiro atoms. The van der Waals surface area contributed by atoms with Crippen molar-refractivity contribution in [3.05, 3.63) is 59.2 Å². The Bertz CT molecular complexity index is 597. The van der Waals surface area contributed by atoms with E-state index < -0.39 is 5.82 Å². The summed E-state index contributed by atoms with van der Waals surface area (Å²) in [4.78, 5) is 0. The van der Waals surface area contributed by atoms with Crippen LogP contribution in [0.3, 0.4) is 0 Å². The Morgan fingerprint density at radius 1 is 1.16 bits per heavy atom. The topological polar surface area (TPSA) is 35.2 Å². The highest BCUT2D eigenvalue weighted by molar-refractivity contribution is 5.43. The summed E-state index contributed by atoms with van der Waals surface area (Å²) >= 11 is 0. The predicted molar refractivity (Wildman–Crippen MR) is 70.2 cm³/mol. The lowest BCUT2D eigenvalue weighted by Gasteiger charge is -2.15. The summed E-state index contributed by atoms with van der Waals surface area (Å²) in [6, 6.07) is 8.32. The largest absolute Gasteiger partial charge is 0.454 e. The van der Waals surface area contributed by atoms with Crippen LogP contribution in [0, 0.1) is 18.6 Å². The molecule has 2 nitrogen and oxygen atoms in total. The number of hydrogen-bond acceptors (Lipinski definition) is 2. The van der Waals surface area contributed by atoms with Crippen molar-refractivity contribution in [2.24, 2.45) is 5.73 Å². The number of hydrogen-bond donors (Lipinski definition) is 1. The molecule has 4 heteroatoms. The van der Waals surface area contributed by atoms with Crippen LogP contribution in [0.2, 0.25) is 0 Å². The average molecular weight is 263 g/mol. The van der Waals surface area contributed by atoms with E-state index in [0.717, 1.165) is 0 Å². The van der Waals surface area contributed by atoms with E-state index in [2.05, 4.69) is 0 Å². The van der Waals surface area contributed by atoms with Crippen LogP contribution in [-0.2, 0) is 0 Å². The highest BCUT2D eigenvalue weighted by atomic mass is 19.1. The molecule has 0 saturated carbocycles. The second-order valence-corrected chi connectivity index (χ2v) is 4.46. The predicted octanol–water partition coefficient (Wildman–Crippen LogP) is 4.09. The third-order valence-electron chi connectivity index (χ3n) is 2.84. The first kappa shape index (κ1) is 13.5. The Kier molecular flexibility index (Phi) is 3.81. The van der Waals surface area contributed by atoms with Gasteiger partial charge in [-0.3, -0.25) is 0 Å². The van der Waals surface area contributed by atoms with Gasteiger partial charge in [0.15, 0.2) is 11.6 Å². The number of ether oxygens (including phenoxy) is 1. The van der Waals surface area contributed by atoms with Gasteiger partial charge in [-0.25, -0.2) is 8.78 Å². The van der Waals surface area contributed by atoms with Gasteiger partial charge in [-0.15, -0.1) is 0 Å². The Labute approximate surface area is 110 Å². The summed E-state index contributed by atoms with van der Waals surface area (Å²) in [5.41, 5.74) is 6.96. The highest BCUT2D eigenvalue weighted by Crippen LogP contribution is 2.33. The zero-order valence-electron chi connectivity index (χ0n) is 10.8. The molecule has 0 heterocycles. The van der Waals surface area contributed by atoms with Crippen molar-refractivity contribution in [2.45, 2.75) is 19.9 Å². The number of rotatable bonds is 3. The summed E-state index contributed by atoms with van der Waals surface area (Å²) < 4.78 is 32.4. The van der Waals surface area contributed by atoms with Crippen LogP contribution in [-0.4, -0.2) is 0 Å². The highest BCUT2D eigenvalue weighted by Gasteiger charge is 2.15. The third kappa shape index (κ3) is 2.90. The van der Waals surface area contributed by atoms with E-state index in [1.165, 1.54) is 24.3 Å².